The van der Waals surface area contributed by atoms with Crippen molar-refractivity contribution in [3.05, 3.63) is 30.9 Å². The molecule has 0 atom stereocenters. The van der Waals surface area contributed by atoms with Gasteiger partial charge in [-0.2, -0.15) is 0 Å². The van der Waals surface area contributed by atoms with Gasteiger partial charge in [-0.25, -0.2) is 4.98 Å². The zero-order valence-corrected chi connectivity index (χ0v) is 9.90. The molecule has 5 heteroatoms. The molecule has 0 bridgehead atoms. The average Bonchev–Trinajstić information content (AvgIpc) is 2.69. The van der Waals surface area contributed by atoms with Crippen LogP contribution in [0.1, 0.15) is 5.82 Å². The van der Waals surface area contributed by atoms with Crippen molar-refractivity contribution < 1.29 is 0 Å². The largest absolute Gasteiger partial charge is 0.355 e. The molecule has 0 amide bonds. The molecule has 0 unspecified atom stereocenters. The molecule has 0 aliphatic rings. The minimum absolute atomic E-state index is 0.712. The first kappa shape index (κ1) is 12.3. The number of aromatic nitrogens is 2. The van der Waals surface area contributed by atoms with E-state index in [1.165, 1.54) is 0 Å². The smallest absolute Gasteiger partial charge is 0.191 e. The Labute approximate surface area is 96.3 Å². The molecule has 1 rings (SSSR count). The fourth-order valence-electron chi connectivity index (χ4n) is 1.32. The van der Waals surface area contributed by atoms with Crippen LogP contribution in [0, 0.1) is 6.92 Å². The van der Waals surface area contributed by atoms with E-state index >= 15 is 0 Å². The van der Waals surface area contributed by atoms with Gasteiger partial charge < -0.3 is 15.2 Å². The zero-order chi connectivity index (χ0) is 11.8. The fourth-order valence-corrected chi connectivity index (χ4v) is 1.32. The van der Waals surface area contributed by atoms with E-state index < -0.39 is 0 Å². The predicted molar refractivity (Wildman–Crippen MR) is 66.5 cm³/mol. The summed E-state index contributed by atoms with van der Waals surface area (Å²) < 4.78 is 2.09. The molecule has 0 aromatic carbocycles. The molecule has 16 heavy (non-hydrogen) atoms. The maximum absolute atomic E-state index is 4.16. The normalized spacial score (nSPS) is 11.2. The van der Waals surface area contributed by atoms with Crippen LogP contribution in [0.15, 0.2) is 30.0 Å². The van der Waals surface area contributed by atoms with Crippen LogP contribution in [0.25, 0.3) is 0 Å². The Morgan fingerprint density at radius 2 is 2.44 bits per heavy atom. The van der Waals surface area contributed by atoms with Crippen LogP contribution in [0.2, 0.25) is 0 Å². The van der Waals surface area contributed by atoms with Gasteiger partial charge in [0.25, 0.3) is 0 Å². The summed E-state index contributed by atoms with van der Waals surface area (Å²) in [6.45, 7) is 8.03. The van der Waals surface area contributed by atoms with E-state index in [0.717, 1.165) is 24.9 Å². The van der Waals surface area contributed by atoms with Gasteiger partial charge in [-0.1, -0.05) is 6.08 Å². The summed E-state index contributed by atoms with van der Waals surface area (Å²) in [5.41, 5.74) is 0. The molecular weight excluding hydrogens is 202 g/mol. The van der Waals surface area contributed by atoms with E-state index in [0.29, 0.717) is 6.54 Å². The van der Waals surface area contributed by atoms with Gasteiger partial charge in [0.1, 0.15) is 5.82 Å². The number of nitrogens with one attached hydrogen (secondary N) is 2. The molecule has 1 aromatic rings. The average molecular weight is 221 g/mol. The van der Waals surface area contributed by atoms with Crippen molar-refractivity contribution >= 4 is 5.96 Å². The molecule has 0 saturated heterocycles. The van der Waals surface area contributed by atoms with Crippen LogP contribution < -0.4 is 10.6 Å². The van der Waals surface area contributed by atoms with E-state index in [9.17, 15) is 0 Å². The molecule has 0 fully saturated rings. The topological polar surface area (TPSA) is 54.2 Å². The first-order valence-corrected chi connectivity index (χ1v) is 5.31. The van der Waals surface area contributed by atoms with Crippen LogP contribution in [0.3, 0.4) is 0 Å². The molecule has 0 aliphatic heterocycles. The van der Waals surface area contributed by atoms with Crippen molar-refractivity contribution in [1.29, 1.82) is 0 Å². The molecule has 5 nitrogen and oxygen atoms in total. The Morgan fingerprint density at radius 3 is 3.00 bits per heavy atom. The minimum Gasteiger partial charge on any atom is -0.355 e. The van der Waals surface area contributed by atoms with Crippen LogP contribution in [-0.2, 0) is 6.54 Å². The van der Waals surface area contributed by atoms with Crippen molar-refractivity contribution in [2.75, 3.05) is 20.1 Å². The number of hydrogen-bond acceptors (Lipinski definition) is 2. The highest BCUT2D eigenvalue weighted by molar-refractivity contribution is 5.79. The van der Waals surface area contributed by atoms with Gasteiger partial charge in [-0.15, -0.1) is 6.58 Å². The summed E-state index contributed by atoms with van der Waals surface area (Å²) >= 11 is 0. The molecule has 0 aliphatic carbocycles. The Morgan fingerprint density at radius 1 is 1.62 bits per heavy atom. The lowest BCUT2D eigenvalue weighted by Crippen LogP contribution is -2.38. The van der Waals surface area contributed by atoms with Crippen LogP contribution in [0.4, 0.5) is 0 Å². The van der Waals surface area contributed by atoms with Crippen LogP contribution in [0.5, 0.6) is 0 Å². The molecule has 2 N–H and O–H groups in total. The molecule has 1 heterocycles. The first-order chi connectivity index (χ1) is 7.77. The maximum atomic E-state index is 4.16. The van der Waals surface area contributed by atoms with Gasteiger partial charge in [0.05, 0.1) is 0 Å². The number of nitrogens with zero attached hydrogens (tertiary/aromatic N) is 3. The lowest BCUT2D eigenvalue weighted by molar-refractivity contribution is 0.647. The van der Waals surface area contributed by atoms with E-state index in [1.807, 2.05) is 13.1 Å². The number of hydrogen-bond donors (Lipinski definition) is 2. The van der Waals surface area contributed by atoms with Crippen molar-refractivity contribution in [3.8, 4) is 0 Å². The number of imidazole rings is 1. The van der Waals surface area contributed by atoms with Crippen molar-refractivity contribution in [2.45, 2.75) is 13.5 Å². The maximum Gasteiger partial charge on any atom is 0.191 e. The van der Waals surface area contributed by atoms with Crippen molar-refractivity contribution in [3.63, 3.8) is 0 Å². The van der Waals surface area contributed by atoms with Gasteiger partial charge >= 0.3 is 0 Å². The fraction of sp³-hybridized carbons (Fsp3) is 0.455. The Balaban J connectivity index is 2.29. The summed E-state index contributed by atoms with van der Waals surface area (Å²) in [5, 5.41) is 6.32. The van der Waals surface area contributed by atoms with E-state index in [2.05, 4.69) is 31.8 Å². The molecular formula is C11H19N5. The number of rotatable bonds is 5. The standard InChI is InChI=1S/C11H19N5/c1-4-5-14-11(12-3)15-7-9-16-8-6-13-10(16)2/h4,6,8H,1,5,7,9H2,2-3H3,(H2,12,14,15). The lowest BCUT2D eigenvalue weighted by Gasteiger charge is -2.11. The van der Waals surface area contributed by atoms with Crippen molar-refractivity contribution in [2.24, 2.45) is 4.99 Å². The molecule has 1 aromatic heterocycles. The number of aliphatic imine (C=N–C) groups is 1. The number of aryl methyl sites for hydroxylation is 1. The third-order valence-electron chi connectivity index (χ3n) is 2.21. The second kappa shape index (κ2) is 6.66. The highest BCUT2D eigenvalue weighted by atomic mass is 15.2. The second-order valence-electron chi connectivity index (χ2n) is 3.34. The third-order valence-corrected chi connectivity index (χ3v) is 2.21. The number of guanidine groups is 1. The van der Waals surface area contributed by atoms with Gasteiger partial charge in [-0.05, 0) is 6.92 Å². The Hall–Kier alpha value is -1.78. The summed E-state index contributed by atoms with van der Waals surface area (Å²) in [6, 6.07) is 0. The SMILES string of the molecule is C=CCNC(=NC)NCCn1ccnc1C. The molecule has 0 saturated carbocycles. The first-order valence-electron chi connectivity index (χ1n) is 5.31. The quantitative estimate of drug-likeness (QED) is 0.433. The molecule has 0 radical (unpaired) electrons. The second-order valence-corrected chi connectivity index (χ2v) is 3.34. The highest BCUT2D eigenvalue weighted by Gasteiger charge is 1.97. The van der Waals surface area contributed by atoms with Gasteiger partial charge in [0.15, 0.2) is 5.96 Å². The lowest BCUT2D eigenvalue weighted by atomic mass is 10.5. The highest BCUT2D eigenvalue weighted by Crippen LogP contribution is 1.93. The van der Waals surface area contributed by atoms with Crippen LogP contribution >= 0.6 is 0 Å². The van der Waals surface area contributed by atoms with Gasteiger partial charge in [0, 0.05) is 39.1 Å². The summed E-state index contributed by atoms with van der Waals surface area (Å²) in [7, 11) is 1.75. The monoisotopic (exact) mass is 221 g/mol. The van der Waals surface area contributed by atoms with E-state index in [-0.39, 0.29) is 0 Å². The molecule has 0 spiro atoms. The van der Waals surface area contributed by atoms with E-state index in [4.69, 9.17) is 0 Å². The summed E-state index contributed by atoms with van der Waals surface area (Å²) in [5.74, 6) is 1.81. The minimum atomic E-state index is 0.712. The predicted octanol–water partition coefficient (Wildman–Crippen LogP) is 0.543. The van der Waals surface area contributed by atoms with Crippen LogP contribution in [-0.4, -0.2) is 35.6 Å². The van der Waals surface area contributed by atoms with Gasteiger partial charge in [-0.3, -0.25) is 4.99 Å². The Kier molecular flexibility index (Phi) is 5.11. The summed E-state index contributed by atoms with van der Waals surface area (Å²) in [4.78, 5) is 8.25. The molecule has 88 valence electrons. The third kappa shape index (κ3) is 3.76. The zero-order valence-electron chi connectivity index (χ0n) is 9.90. The van der Waals surface area contributed by atoms with E-state index in [1.54, 1.807) is 19.3 Å². The Bertz CT molecular complexity index is 353. The summed E-state index contributed by atoms with van der Waals surface area (Å²) in [6.07, 6.45) is 5.57. The van der Waals surface area contributed by atoms with Crippen molar-refractivity contribution in [1.82, 2.24) is 20.2 Å². The van der Waals surface area contributed by atoms with Gasteiger partial charge in [0.2, 0.25) is 0 Å².